The van der Waals surface area contributed by atoms with E-state index in [0.717, 1.165) is 0 Å². The molecule has 0 aromatic heterocycles. The molecule has 0 saturated heterocycles. The number of rotatable bonds is 5. The molecule has 8 heteroatoms. The van der Waals surface area contributed by atoms with Gasteiger partial charge in [-0.05, 0) is 32.5 Å². The molecule has 0 aromatic carbocycles. The second-order valence-electron chi connectivity index (χ2n) is 4.63. The molecule has 0 aromatic rings. The van der Waals surface area contributed by atoms with Crippen molar-refractivity contribution >= 4 is 29.0 Å². The van der Waals surface area contributed by atoms with Gasteiger partial charge in [0.25, 0.3) is 0 Å². The number of ether oxygens (including phenoxy) is 3. The van der Waals surface area contributed by atoms with Crippen LogP contribution in [0.25, 0.3) is 0 Å². The first-order chi connectivity index (χ1) is 8.68. The van der Waals surface area contributed by atoms with Crippen molar-refractivity contribution in [1.29, 1.82) is 0 Å². The molecule has 1 atom stereocenters. The minimum Gasteiger partial charge on any atom is -0.468 e. The van der Waals surface area contributed by atoms with Crippen molar-refractivity contribution < 1.29 is 28.6 Å². The van der Waals surface area contributed by atoms with Crippen molar-refractivity contribution in [2.75, 3.05) is 19.7 Å². The second kappa shape index (κ2) is 8.00. The highest BCUT2D eigenvalue weighted by Gasteiger charge is 2.23. The summed E-state index contributed by atoms with van der Waals surface area (Å²) in [7, 11) is 1.21. The van der Waals surface area contributed by atoms with Crippen LogP contribution in [0.15, 0.2) is 0 Å². The van der Waals surface area contributed by atoms with Crippen molar-refractivity contribution in [3.8, 4) is 0 Å². The summed E-state index contributed by atoms with van der Waals surface area (Å²) in [5.41, 5.74) is 4.76. The van der Waals surface area contributed by atoms with Gasteiger partial charge in [0.05, 0.1) is 12.5 Å². The van der Waals surface area contributed by atoms with Gasteiger partial charge >= 0.3 is 17.2 Å². The standard InChI is InChI=1S/C11H19NO6S/c1-11(2,3)9(14)17-6-18-10(15)19-5-7(12)8(13)16-4/h7H,5-6,12H2,1-4H3/t7-/m0/s1. The van der Waals surface area contributed by atoms with E-state index in [1.807, 2.05) is 0 Å². The third-order valence-corrected chi connectivity index (χ3v) is 2.74. The van der Waals surface area contributed by atoms with Gasteiger partial charge in [-0.2, -0.15) is 0 Å². The maximum Gasteiger partial charge on any atom is 0.370 e. The van der Waals surface area contributed by atoms with Gasteiger partial charge < -0.3 is 19.9 Å². The summed E-state index contributed by atoms with van der Waals surface area (Å²) in [4.78, 5) is 33.5. The van der Waals surface area contributed by atoms with Crippen LogP contribution in [0, 0.1) is 5.41 Å². The van der Waals surface area contributed by atoms with Crippen LogP contribution in [0.3, 0.4) is 0 Å². The maximum absolute atomic E-state index is 11.3. The number of esters is 2. The van der Waals surface area contributed by atoms with Gasteiger partial charge in [-0.25, -0.2) is 4.79 Å². The molecule has 0 aliphatic rings. The number of methoxy groups -OCH3 is 1. The summed E-state index contributed by atoms with van der Waals surface area (Å²) in [6.07, 6.45) is 0. The van der Waals surface area contributed by atoms with Gasteiger partial charge in [0.2, 0.25) is 6.79 Å². The number of carbonyl (C=O) groups excluding carboxylic acids is 3. The Morgan fingerprint density at radius 1 is 1.21 bits per heavy atom. The average Bonchev–Trinajstić information content (AvgIpc) is 2.33. The Hall–Kier alpha value is -1.28. The second-order valence-corrected chi connectivity index (χ2v) is 5.59. The molecule has 0 rings (SSSR count). The molecule has 0 aliphatic heterocycles. The lowest BCUT2D eigenvalue weighted by Gasteiger charge is -2.16. The zero-order valence-corrected chi connectivity index (χ0v) is 12.2. The molecule has 0 unspecified atom stereocenters. The number of hydrogen-bond donors (Lipinski definition) is 1. The fraction of sp³-hybridized carbons (Fsp3) is 0.727. The molecular formula is C11H19NO6S. The fourth-order valence-corrected chi connectivity index (χ4v) is 1.35. The lowest BCUT2D eigenvalue weighted by atomic mass is 9.98. The van der Waals surface area contributed by atoms with Crippen molar-refractivity contribution in [3.63, 3.8) is 0 Å². The van der Waals surface area contributed by atoms with Gasteiger partial charge in [-0.3, -0.25) is 9.59 Å². The molecule has 0 radical (unpaired) electrons. The van der Waals surface area contributed by atoms with Gasteiger partial charge in [-0.1, -0.05) is 0 Å². The van der Waals surface area contributed by atoms with Crippen LogP contribution in [0.4, 0.5) is 4.79 Å². The van der Waals surface area contributed by atoms with Crippen LogP contribution >= 0.6 is 11.8 Å². The van der Waals surface area contributed by atoms with E-state index in [9.17, 15) is 14.4 Å². The van der Waals surface area contributed by atoms with E-state index in [1.165, 1.54) is 7.11 Å². The smallest absolute Gasteiger partial charge is 0.370 e. The third kappa shape index (κ3) is 7.68. The largest absolute Gasteiger partial charge is 0.468 e. The summed E-state index contributed by atoms with van der Waals surface area (Å²) in [6, 6.07) is -0.903. The highest BCUT2D eigenvalue weighted by molar-refractivity contribution is 8.13. The third-order valence-electron chi connectivity index (χ3n) is 1.86. The van der Waals surface area contributed by atoms with E-state index < -0.39 is 35.5 Å². The lowest BCUT2D eigenvalue weighted by Crippen LogP contribution is -2.34. The summed E-state index contributed by atoms with van der Waals surface area (Å²) in [5.74, 6) is -1.06. The minimum absolute atomic E-state index is 0.0265. The van der Waals surface area contributed by atoms with Crippen LogP contribution in [0.1, 0.15) is 20.8 Å². The van der Waals surface area contributed by atoms with Gasteiger partial charge in [0, 0.05) is 5.75 Å². The molecule has 0 fully saturated rings. The van der Waals surface area contributed by atoms with Crippen LogP contribution < -0.4 is 5.73 Å². The monoisotopic (exact) mass is 293 g/mol. The van der Waals surface area contributed by atoms with Crippen molar-refractivity contribution in [2.45, 2.75) is 26.8 Å². The molecule has 0 amide bonds. The van der Waals surface area contributed by atoms with Crippen LogP contribution in [0.5, 0.6) is 0 Å². The Bertz CT molecular complexity index is 339. The minimum atomic E-state index is -0.903. The summed E-state index contributed by atoms with van der Waals surface area (Å²) in [5, 5.41) is -0.680. The van der Waals surface area contributed by atoms with Gasteiger partial charge in [0.15, 0.2) is 0 Å². The zero-order chi connectivity index (χ0) is 15.1. The van der Waals surface area contributed by atoms with E-state index >= 15 is 0 Å². The Labute approximate surface area is 116 Å². The summed E-state index contributed by atoms with van der Waals surface area (Å²) >= 11 is 0.709. The summed E-state index contributed by atoms with van der Waals surface area (Å²) < 4.78 is 13.8. The molecular weight excluding hydrogens is 274 g/mol. The van der Waals surface area contributed by atoms with Crippen LogP contribution in [-0.4, -0.2) is 42.9 Å². The van der Waals surface area contributed by atoms with E-state index in [4.69, 9.17) is 10.5 Å². The first-order valence-corrected chi connectivity index (χ1v) is 6.47. The first kappa shape index (κ1) is 17.7. The van der Waals surface area contributed by atoms with E-state index in [2.05, 4.69) is 9.47 Å². The van der Waals surface area contributed by atoms with Gasteiger partial charge in [0.1, 0.15) is 6.04 Å². The van der Waals surface area contributed by atoms with Gasteiger partial charge in [-0.15, -0.1) is 0 Å². The average molecular weight is 293 g/mol. The topological polar surface area (TPSA) is 105 Å². The zero-order valence-electron chi connectivity index (χ0n) is 11.4. The lowest BCUT2D eigenvalue weighted by molar-refractivity contribution is -0.160. The van der Waals surface area contributed by atoms with E-state index in [0.29, 0.717) is 11.8 Å². The molecule has 2 N–H and O–H groups in total. The quantitative estimate of drug-likeness (QED) is 0.589. The fourth-order valence-electron chi connectivity index (χ4n) is 0.767. The highest BCUT2D eigenvalue weighted by atomic mass is 32.2. The highest BCUT2D eigenvalue weighted by Crippen LogP contribution is 2.15. The number of nitrogens with two attached hydrogens (primary N) is 1. The molecule has 110 valence electrons. The SMILES string of the molecule is COC(=O)[C@@H](N)CSC(=O)OCOC(=O)C(C)(C)C. The van der Waals surface area contributed by atoms with Crippen molar-refractivity contribution in [3.05, 3.63) is 0 Å². The van der Waals surface area contributed by atoms with Crippen molar-refractivity contribution in [2.24, 2.45) is 11.1 Å². The molecule has 0 bridgehead atoms. The number of hydrogen-bond acceptors (Lipinski definition) is 8. The Morgan fingerprint density at radius 3 is 2.26 bits per heavy atom. The molecule has 0 spiro atoms. The molecule has 0 saturated carbocycles. The maximum atomic E-state index is 11.3. The van der Waals surface area contributed by atoms with Crippen LogP contribution in [-0.2, 0) is 23.8 Å². The molecule has 7 nitrogen and oxygen atoms in total. The predicted octanol–water partition coefficient (Wildman–Crippen LogP) is 0.903. The molecule has 0 aliphatic carbocycles. The molecule has 0 heterocycles. The first-order valence-electron chi connectivity index (χ1n) is 5.48. The van der Waals surface area contributed by atoms with Crippen molar-refractivity contribution in [1.82, 2.24) is 0 Å². The number of thioether (sulfide) groups is 1. The van der Waals surface area contributed by atoms with Crippen LogP contribution in [0.2, 0.25) is 0 Å². The summed E-state index contributed by atoms with van der Waals surface area (Å²) in [6.45, 7) is 4.58. The Morgan fingerprint density at radius 2 is 1.79 bits per heavy atom. The Balaban J connectivity index is 3.83. The molecule has 19 heavy (non-hydrogen) atoms. The van der Waals surface area contributed by atoms with E-state index in [1.54, 1.807) is 20.8 Å². The van der Waals surface area contributed by atoms with E-state index in [-0.39, 0.29) is 5.75 Å². The normalized spacial score (nSPS) is 12.5. The number of carbonyl (C=O) groups is 3. The predicted molar refractivity (Wildman–Crippen MR) is 69.3 cm³/mol. The Kier molecular flexibility index (Phi) is 7.47.